The molecule has 3 rings (SSSR count). The number of aromatic nitrogens is 1. The molecule has 1 N–H and O–H groups in total. The Bertz CT molecular complexity index is 586. The first-order chi connectivity index (χ1) is 8.72. The number of aryl methyl sites for hydroxylation is 1. The first kappa shape index (κ1) is 11.7. The Morgan fingerprint density at radius 3 is 3.00 bits per heavy atom. The summed E-state index contributed by atoms with van der Waals surface area (Å²) in [5.74, 6) is -0.0152. The SMILES string of the molecule is O=C(O)CCCc1ccc2sc(C3CC3)nc2c1. The van der Waals surface area contributed by atoms with Crippen LogP contribution < -0.4 is 0 Å². The summed E-state index contributed by atoms with van der Waals surface area (Å²) in [6.45, 7) is 0. The maximum absolute atomic E-state index is 10.5. The van der Waals surface area contributed by atoms with Crippen LogP contribution in [0, 0.1) is 0 Å². The lowest BCUT2D eigenvalue weighted by atomic mass is 10.1. The Kier molecular flexibility index (Phi) is 3.04. The molecule has 0 aliphatic heterocycles. The van der Waals surface area contributed by atoms with Crippen LogP contribution >= 0.6 is 11.3 Å². The number of thiazole rings is 1. The maximum Gasteiger partial charge on any atom is 0.303 e. The average molecular weight is 261 g/mol. The van der Waals surface area contributed by atoms with Gasteiger partial charge in [-0.15, -0.1) is 11.3 Å². The lowest BCUT2D eigenvalue weighted by Crippen LogP contribution is -1.95. The van der Waals surface area contributed by atoms with Crippen molar-refractivity contribution in [3.8, 4) is 0 Å². The van der Waals surface area contributed by atoms with Crippen molar-refractivity contribution >= 4 is 27.5 Å². The summed E-state index contributed by atoms with van der Waals surface area (Å²) in [5.41, 5.74) is 2.27. The molecule has 3 nitrogen and oxygen atoms in total. The van der Waals surface area contributed by atoms with Gasteiger partial charge in [0.05, 0.1) is 15.2 Å². The zero-order valence-corrected chi connectivity index (χ0v) is 10.9. The molecule has 0 saturated heterocycles. The summed E-state index contributed by atoms with van der Waals surface area (Å²) in [4.78, 5) is 15.2. The predicted octanol–water partition coefficient (Wildman–Crippen LogP) is 3.58. The Hall–Kier alpha value is -1.42. The third-order valence-corrected chi connectivity index (χ3v) is 4.45. The van der Waals surface area contributed by atoms with E-state index >= 15 is 0 Å². The molecule has 1 aliphatic carbocycles. The van der Waals surface area contributed by atoms with Crippen molar-refractivity contribution in [3.05, 3.63) is 28.8 Å². The second kappa shape index (κ2) is 4.69. The Labute approximate surface area is 109 Å². The van der Waals surface area contributed by atoms with Gasteiger partial charge in [0, 0.05) is 12.3 Å². The third-order valence-electron chi connectivity index (χ3n) is 3.25. The van der Waals surface area contributed by atoms with Crippen LogP contribution in [0.25, 0.3) is 10.2 Å². The molecule has 1 saturated carbocycles. The van der Waals surface area contributed by atoms with Crippen LogP contribution in [0.2, 0.25) is 0 Å². The van der Waals surface area contributed by atoms with Gasteiger partial charge in [0.25, 0.3) is 0 Å². The van der Waals surface area contributed by atoms with Gasteiger partial charge in [-0.25, -0.2) is 4.98 Å². The molecule has 0 unspecified atom stereocenters. The molecule has 0 bridgehead atoms. The summed E-state index contributed by atoms with van der Waals surface area (Å²) >= 11 is 1.80. The highest BCUT2D eigenvalue weighted by atomic mass is 32.1. The van der Waals surface area contributed by atoms with Crippen LogP contribution in [0.1, 0.15) is 42.2 Å². The topological polar surface area (TPSA) is 50.2 Å². The molecule has 1 aromatic carbocycles. The molecule has 94 valence electrons. The molecule has 1 aliphatic rings. The average Bonchev–Trinajstić information content (AvgIpc) is 3.09. The van der Waals surface area contributed by atoms with Crippen molar-refractivity contribution in [1.29, 1.82) is 0 Å². The lowest BCUT2D eigenvalue weighted by Gasteiger charge is -1.99. The molecule has 1 aromatic heterocycles. The van der Waals surface area contributed by atoms with Gasteiger partial charge in [-0.3, -0.25) is 4.79 Å². The number of hydrogen-bond acceptors (Lipinski definition) is 3. The van der Waals surface area contributed by atoms with Crippen molar-refractivity contribution in [1.82, 2.24) is 4.98 Å². The number of nitrogens with zero attached hydrogens (tertiary/aromatic N) is 1. The van der Waals surface area contributed by atoms with Gasteiger partial charge in [-0.1, -0.05) is 6.07 Å². The predicted molar refractivity (Wildman–Crippen MR) is 72.2 cm³/mol. The Morgan fingerprint density at radius 1 is 1.44 bits per heavy atom. The normalized spacial score (nSPS) is 15.1. The molecule has 1 heterocycles. The highest BCUT2D eigenvalue weighted by molar-refractivity contribution is 7.18. The highest BCUT2D eigenvalue weighted by Crippen LogP contribution is 2.43. The molecule has 1 fully saturated rings. The highest BCUT2D eigenvalue weighted by Gasteiger charge is 2.26. The first-order valence-electron chi connectivity index (χ1n) is 6.33. The standard InChI is InChI=1S/C14H15NO2S/c16-13(17)3-1-2-9-4-7-12-11(8-9)15-14(18-12)10-5-6-10/h4,7-8,10H,1-3,5-6H2,(H,16,17). The van der Waals surface area contributed by atoms with E-state index in [2.05, 4.69) is 23.2 Å². The first-order valence-corrected chi connectivity index (χ1v) is 7.15. The van der Waals surface area contributed by atoms with E-state index in [1.54, 1.807) is 11.3 Å². The van der Waals surface area contributed by atoms with Gasteiger partial charge in [0.1, 0.15) is 0 Å². The van der Waals surface area contributed by atoms with Crippen LogP contribution in [0.5, 0.6) is 0 Å². The number of rotatable bonds is 5. The van der Waals surface area contributed by atoms with Crippen LogP contribution in [0.3, 0.4) is 0 Å². The fourth-order valence-corrected chi connectivity index (χ4v) is 3.21. The van der Waals surface area contributed by atoms with Gasteiger partial charge >= 0.3 is 5.97 Å². The lowest BCUT2D eigenvalue weighted by molar-refractivity contribution is -0.137. The van der Waals surface area contributed by atoms with Gasteiger partial charge in [0.15, 0.2) is 0 Å². The number of aliphatic carboxylic acids is 1. The molecule has 0 atom stereocenters. The van der Waals surface area contributed by atoms with E-state index in [1.165, 1.54) is 28.1 Å². The molecular weight excluding hydrogens is 246 g/mol. The van der Waals surface area contributed by atoms with E-state index in [4.69, 9.17) is 5.11 Å². The fourth-order valence-electron chi connectivity index (χ4n) is 2.09. The van der Waals surface area contributed by atoms with E-state index in [-0.39, 0.29) is 6.42 Å². The van der Waals surface area contributed by atoms with Gasteiger partial charge in [-0.2, -0.15) is 0 Å². The van der Waals surface area contributed by atoms with Crippen molar-refractivity contribution in [3.63, 3.8) is 0 Å². The zero-order chi connectivity index (χ0) is 12.5. The zero-order valence-electron chi connectivity index (χ0n) is 10.1. The van der Waals surface area contributed by atoms with Crippen LogP contribution in [-0.4, -0.2) is 16.1 Å². The maximum atomic E-state index is 10.5. The molecule has 2 aromatic rings. The van der Waals surface area contributed by atoms with Gasteiger partial charge in [-0.05, 0) is 43.4 Å². The minimum atomic E-state index is -0.722. The summed E-state index contributed by atoms with van der Waals surface area (Å²) < 4.78 is 1.25. The number of fused-ring (bicyclic) bond motifs is 1. The van der Waals surface area contributed by atoms with E-state index < -0.39 is 5.97 Å². The summed E-state index contributed by atoms with van der Waals surface area (Å²) in [7, 11) is 0. The smallest absolute Gasteiger partial charge is 0.303 e. The largest absolute Gasteiger partial charge is 0.481 e. The summed E-state index contributed by atoms with van der Waals surface area (Å²) in [6, 6.07) is 6.33. The van der Waals surface area contributed by atoms with E-state index in [0.29, 0.717) is 12.3 Å². The number of hydrogen-bond donors (Lipinski definition) is 1. The minimum absolute atomic E-state index is 0.239. The van der Waals surface area contributed by atoms with Crippen molar-refractivity contribution in [2.45, 2.75) is 38.0 Å². The fraction of sp³-hybridized carbons (Fsp3) is 0.429. The molecule has 0 amide bonds. The van der Waals surface area contributed by atoms with E-state index in [9.17, 15) is 4.79 Å². The number of carboxylic acid groups (broad SMARTS) is 1. The number of benzene rings is 1. The van der Waals surface area contributed by atoms with Crippen molar-refractivity contribution in [2.24, 2.45) is 0 Å². The van der Waals surface area contributed by atoms with Gasteiger partial charge < -0.3 is 5.11 Å². The second-order valence-corrected chi connectivity index (χ2v) is 5.94. The van der Waals surface area contributed by atoms with E-state index in [0.717, 1.165) is 11.9 Å². The Morgan fingerprint density at radius 2 is 2.28 bits per heavy atom. The number of carboxylic acids is 1. The molecule has 18 heavy (non-hydrogen) atoms. The van der Waals surface area contributed by atoms with Crippen molar-refractivity contribution < 1.29 is 9.90 Å². The second-order valence-electron chi connectivity index (χ2n) is 4.88. The van der Waals surface area contributed by atoms with Crippen molar-refractivity contribution in [2.75, 3.05) is 0 Å². The van der Waals surface area contributed by atoms with Crippen LogP contribution in [0.15, 0.2) is 18.2 Å². The van der Waals surface area contributed by atoms with Crippen LogP contribution in [0.4, 0.5) is 0 Å². The van der Waals surface area contributed by atoms with Gasteiger partial charge in [0.2, 0.25) is 0 Å². The van der Waals surface area contributed by atoms with Crippen LogP contribution in [-0.2, 0) is 11.2 Å². The summed E-state index contributed by atoms with van der Waals surface area (Å²) in [6.07, 6.45) is 4.32. The third kappa shape index (κ3) is 2.53. The number of carbonyl (C=O) groups is 1. The summed E-state index contributed by atoms with van der Waals surface area (Å²) in [5, 5.41) is 9.89. The van der Waals surface area contributed by atoms with E-state index in [1.807, 2.05) is 0 Å². The Balaban J connectivity index is 1.75. The molecule has 0 radical (unpaired) electrons. The molecule has 4 heteroatoms. The monoisotopic (exact) mass is 261 g/mol. The minimum Gasteiger partial charge on any atom is -0.481 e. The molecule has 0 spiro atoms. The molecular formula is C14H15NO2S. The quantitative estimate of drug-likeness (QED) is 0.895.